The topological polar surface area (TPSA) is 27.1 Å². The third-order valence-electron chi connectivity index (χ3n) is 10.2. The van der Waals surface area contributed by atoms with E-state index in [2.05, 4.69) is 128 Å². The van der Waals surface area contributed by atoms with E-state index in [1.807, 2.05) is 6.20 Å². The number of ether oxygens (including phenoxy) is 1. The molecule has 1 aliphatic heterocycles. The largest absolute Gasteiger partial charge is 0.457 e. The minimum atomic E-state index is -0.135. The van der Waals surface area contributed by atoms with Crippen LogP contribution in [0.4, 0.5) is 0 Å². The first-order valence-electron chi connectivity index (χ1n) is 15.1. The monoisotopic (exact) mass is 552 g/mol. The van der Waals surface area contributed by atoms with Crippen molar-refractivity contribution in [1.82, 2.24) is 9.55 Å². The summed E-state index contributed by atoms with van der Waals surface area (Å²) in [6.07, 6.45) is 2.78. The van der Waals surface area contributed by atoms with Crippen molar-refractivity contribution in [3.8, 4) is 28.4 Å². The molecule has 0 fully saturated rings. The maximum Gasteiger partial charge on any atom is 0.141 e. The maximum absolute atomic E-state index is 6.87. The predicted octanol–water partition coefficient (Wildman–Crippen LogP) is 9.68. The lowest BCUT2D eigenvalue weighted by Crippen LogP contribution is -2.26. The van der Waals surface area contributed by atoms with Crippen LogP contribution >= 0.6 is 0 Å². The molecule has 0 spiro atoms. The van der Waals surface area contributed by atoms with Crippen LogP contribution in [0, 0.1) is 0 Å². The van der Waals surface area contributed by atoms with Crippen LogP contribution in [0.3, 0.4) is 0 Å². The Kier molecular flexibility index (Phi) is 4.37. The third kappa shape index (κ3) is 2.92. The summed E-state index contributed by atoms with van der Waals surface area (Å²) in [6, 6.07) is 39.8. The van der Waals surface area contributed by atoms with Crippen molar-refractivity contribution in [2.45, 2.75) is 31.6 Å². The molecule has 5 aromatic carbocycles. The summed E-state index contributed by atoms with van der Waals surface area (Å²) in [5.74, 6) is 3.05. The molecular weight excluding hydrogens is 524 g/mol. The highest BCUT2D eigenvalue weighted by Crippen LogP contribution is 2.55. The van der Waals surface area contributed by atoms with Crippen molar-refractivity contribution in [3.63, 3.8) is 0 Å². The number of nitrogens with zero attached hydrogens (tertiary/aromatic N) is 2. The molecule has 0 amide bonds. The smallest absolute Gasteiger partial charge is 0.141 e. The van der Waals surface area contributed by atoms with Gasteiger partial charge in [-0.3, -0.25) is 4.57 Å². The number of fused-ring (bicyclic) bond motifs is 10. The molecule has 2 aromatic heterocycles. The van der Waals surface area contributed by atoms with Crippen LogP contribution < -0.4 is 4.74 Å². The second-order valence-electron chi connectivity index (χ2n) is 12.7. The summed E-state index contributed by atoms with van der Waals surface area (Å²) >= 11 is 0. The number of aromatic nitrogens is 2. The second-order valence-corrected chi connectivity index (χ2v) is 12.7. The quantitative estimate of drug-likeness (QED) is 0.213. The fraction of sp³-hybridized carbons (Fsp3) is 0.125. The molecule has 3 nitrogen and oxygen atoms in total. The van der Waals surface area contributed by atoms with Crippen LogP contribution in [0.2, 0.25) is 0 Å². The Morgan fingerprint density at radius 3 is 2.51 bits per heavy atom. The molecule has 3 heterocycles. The van der Waals surface area contributed by atoms with Gasteiger partial charge in [0.1, 0.15) is 17.3 Å². The Hall–Kier alpha value is -5.15. The van der Waals surface area contributed by atoms with Crippen molar-refractivity contribution in [2.24, 2.45) is 0 Å². The Balaban J connectivity index is 1.17. The van der Waals surface area contributed by atoms with Gasteiger partial charge in [-0.2, -0.15) is 0 Å². The summed E-state index contributed by atoms with van der Waals surface area (Å²) in [5.41, 5.74) is 14.4. The summed E-state index contributed by atoms with van der Waals surface area (Å²) in [4.78, 5) is 4.92. The van der Waals surface area contributed by atoms with Gasteiger partial charge in [0.25, 0.3) is 0 Å². The molecule has 2 aliphatic carbocycles. The predicted molar refractivity (Wildman–Crippen MR) is 173 cm³/mol. The Morgan fingerprint density at radius 1 is 0.744 bits per heavy atom. The first kappa shape index (κ1) is 23.4. The molecule has 0 saturated heterocycles. The van der Waals surface area contributed by atoms with Gasteiger partial charge in [-0.05, 0) is 63.2 Å². The lowest BCUT2D eigenvalue weighted by Gasteiger charge is -2.33. The van der Waals surface area contributed by atoms with Gasteiger partial charge in [0.05, 0.1) is 11.0 Å². The number of hydrogen-bond acceptors (Lipinski definition) is 2. The first-order valence-corrected chi connectivity index (χ1v) is 15.1. The van der Waals surface area contributed by atoms with Gasteiger partial charge in [0, 0.05) is 51.9 Å². The molecule has 3 heteroatoms. The van der Waals surface area contributed by atoms with Gasteiger partial charge < -0.3 is 4.74 Å². The summed E-state index contributed by atoms with van der Waals surface area (Å²) in [7, 11) is 0. The second kappa shape index (κ2) is 8.02. The van der Waals surface area contributed by atoms with E-state index in [1.165, 1.54) is 66.4 Å². The van der Waals surface area contributed by atoms with E-state index in [4.69, 9.17) is 9.72 Å². The Morgan fingerprint density at radius 2 is 1.58 bits per heavy atom. The summed E-state index contributed by atoms with van der Waals surface area (Å²) in [6.45, 7) is 4.61. The normalized spacial score (nSPS) is 16.5. The van der Waals surface area contributed by atoms with E-state index < -0.39 is 0 Å². The van der Waals surface area contributed by atoms with Gasteiger partial charge in [0.2, 0.25) is 0 Å². The molecule has 3 aliphatic rings. The van der Waals surface area contributed by atoms with E-state index in [0.29, 0.717) is 0 Å². The van der Waals surface area contributed by atoms with Crippen LogP contribution in [0.25, 0.3) is 38.8 Å². The number of rotatable bonds is 2. The van der Waals surface area contributed by atoms with Crippen molar-refractivity contribution in [1.29, 1.82) is 0 Å². The van der Waals surface area contributed by atoms with E-state index >= 15 is 0 Å². The van der Waals surface area contributed by atoms with E-state index in [1.54, 1.807) is 0 Å². The van der Waals surface area contributed by atoms with Gasteiger partial charge in [-0.1, -0.05) is 92.7 Å². The van der Waals surface area contributed by atoms with Crippen LogP contribution in [-0.4, -0.2) is 9.55 Å². The molecule has 0 bridgehead atoms. The zero-order valence-corrected chi connectivity index (χ0v) is 24.1. The standard InChI is InChI=1S/C40H28N2O/c1-40(2)32-14-7-13-30-27-17-16-24(22-34(27)42(38(30)32)39-33(40)15-8-20-41-39)43-35-19-18-29-26-11-5-6-12-28(26)36-25-10-4-3-9-23(25)21-31(35)37(29)36/h3-20,22,36H,21H2,1-2H3. The van der Waals surface area contributed by atoms with Crippen molar-refractivity contribution >= 4 is 21.8 Å². The zero-order valence-electron chi connectivity index (χ0n) is 24.1. The maximum atomic E-state index is 6.87. The fourth-order valence-corrected chi connectivity index (χ4v) is 8.30. The lowest BCUT2D eigenvalue weighted by atomic mass is 9.76. The third-order valence-corrected chi connectivity index (χ3v) is 10.2. The fourth-order valence-electron chi connectivity index (χ4n) is 8.30. The highest BCUT2D eigenvalue weighted by atomic mass is 16.5. The van der Waals surface area contributed by atoms with Gasteiger partial charge in [-0.15, -0.1) is 0 Å². The Bertz CT molecular complexity index is 2340. The van der Waals surface area contributed by atoms with Crippen molar-refractivity contribution < 1.29 is 4.74 Å². The molecule has 1 atom stereocenters. The minimum Gasteiger partial charge on any atom is -0.457 e. The molecule has 0 radical (unpaired) electrons. The van der Waals surface area contributed by atoms with Crippen molar-refractivity contribution in [3.05, 3.63) is 154 Å². The first-order chi connectivity index (χ1) is 21.1. The van der Waals surface area contributed by atoms with Crippen molar-refractivity contribution in [2.75, 3.05) is 0 Å². The minimum absolute atomic E-state index is 0.135. The molecule has 43 heavy (non-hydrogen) atoms. The van der Waals surface area contributed by atoms with Gasteiger partial charge in [-0.25, -0.2) is 4.98 Å². The van der Waals surface area contributed by atoms with E-state index in [0.717, 1.165) is 29.3 Å². The van der Waals surface area contributed by atoms with E-state index in [-0.39, 0.29) is 11.3 Å². The summed E-state index contributed by atoms with van der Waals surface area (Å²) < 4.78 is 9.22. The molecule has 0 saturated carbocycles. The van der Waals surface area contributed by atoms with Crippen LogP contribution in [0.5, 0.6) is 11.5 Å². The summed E-state index contributed by atoms with van der Waals surface area (Å²) in [5, 5.41) is 2.48. The van der Waals surface area contributed by atoms with Crippen LogP contribution in [0.1, 0.15) is 58.7 Å². The molecule has 7 aromatic rings. The zero-order chi connectivity index (χ0) is 28.4. The Labute approximate surface area is 250 Å². The molecule has 1 unspecified atom stereocenters. The van der Waals surface area contributed by atoms with Crippen LogP contribution in [-0.2, 0) is 11.8 Å². The average Bonchev–Trinajstić information content (AvgIpc) is 3.55. The molecular formula is C40H28N2O. The molecule has 10 rings (SSSR count). The van der Waals surface area contributed by atoms with Crippen LogP contribution in [0.15, 0.2) is 115 Å². The molecule has 204 valence electrons. The average molecular weight is 553 g/mol. The SMILES string of the molecule is CC1(C)c2cccnc2-n2c3cc(Oc4ccc5c6c4Cc4ccccc4C6c4ccccc4-5)ccc3c3cccc1c32. The number of hydrogen-bond donors (Lipinski definition) is 0. The van der Waals surface area contributed by atoms with Gasteiger partial charge >= 0.3 is 0 Å². The highest BCUT2D eigenvalue weighted by molar-refractivity contribution is 6.11. The van der Waals surface area contributed by atoms with E-state index in [9.17, 15) is 0 Å². The number of benzene rings is 5. The number of para-hydroxylation sites is 1. The molecule has 0 N–H and O–H groups in total. The van der Waals surface area contributed by atoms with Gasteiger partial charge in [0.15, 0.2) is 0 Å². The number of pyridine rings is 1. The highest BCUT2D eigenvalue weighted by Gasteiger charge is 2.38. The lowest BCUT2D eigenvalue weighted by molar-refractivity contribution is 0.476.